The molecule has 0 aliphatic carbocycles. The summed E-state index contributed by atoms with van der Waals surface area (Å²) in [5.41, 5.74) is 0.958. The summed E-state index contributed by atoms with van der Waals surface area (Å²) in [6.07, 6.45) is 4.48. The molecule has 0 N–H and O–H groups in total. The molecule has 1 aliphatic rings. The number of ether oxygens (including phenoxy) is 3. The van der Waals surface area contributed by atoms with E-state index in [9.17, 15) is 4.79 Å². The third-order valence-electron chi connectivity index (χ3n) is 4.30. The molecule has 0 spiro atoms. The Hall–Kier alpha value is -2.44. The summed E-state index contributed by atoms with van der Waals surface area (Å²) in [7, 11) is 3.98. The summed E-state index contributed by atoms with van der Waals surface area (Å²) in [6, 6.07) is 10.6. The van der Waals surface area contributed by atoms with Crippen LogP contribution in [0.15, 0.2) is 42.6 Å². The summed E-state index contributed by atoms with van der Waals surface area (Å²) in [4.78, 5) is 18.9. The number of likely N-dealkylation sites (N-methyl/N-ethyl adjacent to an activating group) is 1. The van der Waals surface area contributed by atoms with Crippen molar-refractivity contribution in [1.29, 1.82) is 0 Å². The molecule has 2 heterocycles. The average molecular weight is 370 g/mol. The van der Waals surface area contributed by atoms with Gasteiger partial charge in [0.1, 0.15) is 23.8 Å². The van der Waals surface area contributed by atoms with Gasteiger partial charge in [-0.2, -0.15) is 0 Å². The number of benzene rings is 1. The van der Waals surface area contributed by atoms with Gasteiger partial charge in [0.05, 0.1) is 12.8 Å². The van der Waals surface area contributed by atoms with Crippen LogP contribution in [-0.4, -0.2) is 55.8 Å². The molecule has 1 atom stereocenters. The molecule has 6 heteroatoms. The largest absolute Gasteiger partial charge is 0.491 e. The van der Waals surface area contributed by atoms with Crippen molar-refractivity contribution >= 4 is 5.78 Å². The zero-order valence-corrected chi connectivity index (χ0v) is 15.9. The van der Waals surface area contributed by atoms with Crippen LogP contribution in [0.2, 0.25) is 0 Å². The van der Waals surface area contributed by atoms with E-state index in [2.05, 4.69) is 4.98 Å². The normalized spacial score (nSPS) is 16.9. The summed E-state index contributed by atoms with van der Waals surface area (Å²) in [5.74, 6) is 1.23. The highest BCUT2D eigenvalue weighted by Gasteiger charge is 2.16. The van der Waals surface area contributed by atoms with Crippen LogP contribution in [0.5, 0.6) is 11.5 Å². The molecule has 0 amide bonds. The third kappa shape index (κ3) is 5.77. The predicted molar refractivity (Wildman–Crippen MR) is 102 cm³/mol. The molecule has 1 saturated heterocycles. The van der Waals surface area contributed by atoms with Crippen LogP contribution < -0.4 is 9.47 Å². The Morgan fingerprint density at radius 2 is 1.93 bits per heavy atom. The van der Waals surface area contributed by atoms with E-state index in [1.807, 2.05) is 19.0 Å². The highest BCUT2D eigenvalue weighted by molar-refractivity contribution is 6.07. The fraction of sp³-hybridized carbons (Fsp3) is 0.429. The number of carbonyl (C=O) groups is 1. The van der Waals surface area contributed by atoms with Gasteiger partial charge in [0.15, 0.2) is 6.29 Å². The number of rotatable bonds is 8. The van der Waals surface area contributed by atoms with Crippen molar-refractivity contribution in [3.05, 3.63) is 53.9 Å². The highest BCUT2D eigenvalue weighted by Crippen LogP contribution is 2.21. The van der Waals surface area contributed by atoms with Crippen LogP contribution in [0.25, 0.3) is 0 Å². The second-order valence-corrected chi connectivity index (χ2v) is 6.80. The lowest BCUT2D eigenvalue weighted by Crippen LogP contribution is -2.24. The van der Waals surface area contributed by atoms with E-state index >= 15 is 0 Å². The van der Waals surface area contributed by atoms with Gasteiger partial charge in [0, 0.05) is 18.5 Å². The number of hydrogen-bond donors (Lipinski definition) is 0. The number of carbonyl (C=O) groups excluding carboxylic acids is 1. The fourth-order valence-corrected chi connectivity index (χ4v) is 2.73. The van der Waals surface area contributed by atoms with Crippen LogP contribution in [-0.2, 0) is 4.74 Å². The SMILES string of the molecule is CN(C)CCOc1ccc(C(=O)c2ccc(OC3CCCCO3)cc2)nc1. The van der Waals surface area contributed by atoms with Crippen LogP contribution in [0.4, 0.5) is 0 Å². The van der Waals surface area contributed by atoms with Crippen molar-refractivity contribution in [1.82, 2.24) is 9.88 Å². The Kier molecular flexibility index (Phi) is 6.79. The van der Waals surface area contributed by atoms with E-state index in [4.69, 9.17) is 14.2 Å². The van der Waals surface area contributed by atoms with Crippen molar-refractivity contribution in [2.75, 3.05) is 33.9 Å². The molecule has 1 unspecified atom stereocenters. The Labute approximate surface area is 160 Å². The van der Waals surface area contributed by atoms with Crippen molar-refractivity contribution < 1.29 is 19.0 Å². The molecular weight excluding hydrogens is 344 g/mol. The molecule has 1 aromatic heterocycles. The van der Waals surface area contributed by atoms with Crippen LogP contribution in [0.1, 0.15) is 35.3 Å². The quantitative estimate of drug-likeness (QED) is 0.665. The maximum absolute atomic E-state index is 12.6. The smallest absolute Gasteiger partial charge is 0.211 e. The summed E-state index contributed by atoms with van der Waals surface area (Å²) < 4.78 is 17.0. The maximum Gasteiger partial charge on any atom is 0.211 e. The number of ketones is 1. The minimum absolute atomic E-state index is 0.129. The zero-order valence-electron chi connectivity index (χ0n) is 15.9. The van der Waals surface area contributed by atoms with E-state index in [0.29, 0.717) is 29.4 Å². The first-order valence-electron chi connectivity index (χ1n) is 9.28. The monoisotopic (exact) mass is 370 g/mol. The second-order valence-electron chi connectivity index (χ2n) is 6.80. The zero-order chi connectivity index (χ0) is 19.1. The molecule has 1 aromatic carbocycles. The summed E-state index contributed by atoms with van der Waals surface area (Å²) in [6.45, 7) is 2.14. The van der Waals surface area contributed by atoms with Gasteiger partial charge in [-0.25, -0.2) is 4.98 Å². The highest BCUT2D eigenvalue weighted by atomic mass is 16.7. The first kappa shape index (κ1) is 19.3. The summed E-state index contributed by atoms with van der Waals surface area (Å²) >= 11 is 0. The Morgan fingerprint density at radius 3 is 2.56 bits per heavy atom. The minimum atomic E-state index is -0.193. The van der Waals surface area contributed by atoms with Gasteiger partial charge in [-0.05, 0) is 63.3 Å². The number of nitrogens with zero attached hydrogens (tertiary/aromatic N) is 2. The minimum Gasteiger partial charge on any atom is -0.491 e. The molecule has 3 rings (SSSR count). The van der Waals surface area contributed by atoms with Crippen LogP contribution in [0.3, 0.4) is 0 Å². The van der Waals surface area contributed by atoms with Crippen LogP contribution >= 0.6 is 0 Å². The van der Waals surface area contributed by atoms with Gasteiger partial charge < -0.3 is 19.1 Å². The van der Waals surface area contributed by atoms with Gasteiger partial charge in [0.25, 0.3) is 0 Å². The lowest BCUT2D eigenvalue weighted by atomic mass is 10.1. The van der Waals surface area contributed by atoms with Crippen molar-refractivity contribution in [3.8, 4) is 11.5 Å². The molecule has 6 nitrogen and oxygen atoms in total. The average Bonchev–Trinajstić information content (AvgIpc) is 2.69. The van der Waals surface area contributed by atoms with Crippen molar-refractivity contribution in [2.24, 2.45) is 0 Å². The second kappa shape index (κ2) is 9.48. The summed E-state index contributed by atoms with van der Waals surface area (Å²) in [5, 5.41) is 0. The molecular formula is C21H26N2O4. The Morgan fingerprint density at radius 1 is 1.15 bits per heavy atom. The molecule has 0 radical (unpaired) electrons. The Balaban J connectivity index is 1.56. The van der Waals surface area contributed by atoms with Gasteiger partial charge in [0.2, 0.25) is 5.78 Å². The molecule has 1 fully saturated rings. The topological polar surface area (TPSA) is 60.9 Å². The molecule has 1 aliphatic heterocycles. The van der Waals surface area contributed by atoms with E-state index < -0.39 is 0 Å². The lowest BCUT2D eigenvalue weighted by molar-refractivity contribution is -0.105. The number of pyridine rings is 1. The van der Waals surface area contributed by atoms with Crippen molar-refractivity contribution in [3.63, 3.8) is 0 Å². The van der Waals surface area contributed by atoms with Crippen LogP contribution in [0, 0.1) is 0 Å². The first-order chi connectivity index (χ1) is 13.1. The lowest BCUT2D eigenvalue weighted by Gasteiger charge is -2.23. The third-order valence-corrected chi connectivity index (χ3v) is 4.30. The molecule has 27 heavy (non-hydrogen) atoms. The molecule has 0 bridgehead atoms. The van der Waals surface area contributed by atoms with Gasteiger partial charge in [-0.1, -0.05) is 0 Å². The van der Waals surface area contributed by atoms with Gasteiger partial charge >= 0.3 is 0 Å². The molecule has 0 saturated carbocycles. The van der Waals surface area contributed by atoms with Crippen molar-refractivity contribution in [2.45, 2.75) is 25.6 Å². The van der Waals surface area contributed by atoms with Gasteiger partial charge in [-0.15, -0.1) is 0 Å². The maximum atomic E-state index is 12.6. The number of aromatic nitrogens is 1. The molecule has 144 valence electrons. The fourth-order valence-electron chi connectivity index (χ4n) is 2.73. The van der Waals surface area contributed by atoms with Gasteiger partial charge in [-0.3, -0.25) is 4.79 Å². The predicted octanol–water partition coefficient (Wildman–Crippen LogP) is 3.16. The standard InChI is InChI=1S/C21H26N2O4/c1-23(2)12-14-25-18-10-11-19(22-15-18)21(24)16-6-8-17(9-7-16)27-20-5-3-4-13-26-20/h6-11,15,20H,3-5,12-14H2,1-2H3. The van der Waals surface area contributed by atoms with E-state index in [1.54, 1.807) is 42.6 Å². The molecule has 2 aromatic rings. The van der Waals surface area contributed by atoms with E-state index in [1.165, 1.54) is 0 Å². The first-order valence-corrected chi connectivity index (χ1v) is 9.28. The number of hydrogen-bond acceptors (Lipinski definition) is 6. The van der Waals surface area contributed by atoms with E-state index in [0.717, 1.165) is 32.4 Å². The Bertz CT molecular complexity index is 723. The van der Waals surface area contributed by atoms with E-state index in [-0.39, 0.29) is 12.1 Å².